The van der Waals surface area contributed by atoms with Crippen molar-refractivity contribution in [2.24, 2.45) is 0 Å². The third kappa shape index (κ3) is 2.66. The van der Waals surface area contributed by atoms with E-state index in [9.17, 15) is 9.59 Å². The van der Waals surface area contributed by atoms with Crippen LogP contribution in [0.4, 0.5) is 0 Å². The van der Waals surface area contributed by atoms with E-state index < -0.39 is 0 Å². The average molecular weight is 188 g/mol. The van der Waals surface area contributed by atoms with Crippen molar-refractivity contribution in [2.75, 3.05) is 0 Å². The molecule has 1 aromatic carbocycles. The van der Waals surface area contributed by atoms with Gasteiger partial charge in [-0.15, -0.1) is 0 Å². The molecule has 2 nitrogen and oxygen atoms in total. The van der Waals surface area contributed by atoms with Gasteiger partial charge in [0.2, 0.25) is 0 Å². The van der Waals surface area contributed by atoms with E-state index in [0.717, 1.165) is 17.4 Å². The number of ketones is 1. The standard InChI is InChI=1S/C12H12O2/c1-2-12(14)11-7-5-10(6-8-11)4-3-9-13/h3-9H,2H2,1H3. The van der Waals surface area contributed by atoms with E-state index in [1.165, 1.54) is 6.08 Å². The maximum absolute atomic E-state index is 11.3. The van der Waals surface area contributed by atoms with Crippen molar-refractivity contribution in [1.82, 2.24) is 0 Å². The van der Waals surface area contributed by atoms with E-state index in [2.05, 4.69) is 0 Å². The van der Waals surface area contributed by atoms with E-state index in [1.54, 1.807) is 18.2 Å². The van der Waals surface area contributed by atoms with Crippen LogP contribution in [-0.2, 0) is 4.79 Å². The van der Waals surface area contributed by atoms with E-state index in [4.69, 9.17) is 0 Å². The zero-order valence-corrected chi connectivity index (χ0v) is 8.07. The molecule has 0 amide bonds. The van der Waals surface area contributed by atoms with Crippen LogP contribution in [0.3, 0.4) is 0 Å². The molecule has 0 aliphatic heterocycles. The van der Waals surface area contributed by atoms with Crippen LogP contribution < -0.4 is 0 Å². The third-order valence-corrected chi connectivity index (χ3v) is 1.92. The van der Waals surface area contributed by atoms with Gasteiger partial charge in [0, 0.05) is 12.0 Å². The lowest BCUT2D eigenvalue weighted by molar-refractivity contribution is -0.104. The van der Waals surface area contributed by atoms with Gasteiger partial charge in [-0.3, -0.25) is 9.59 Å². The van der Waals surface area contributed by atoms with Crippen LogP contribution in [0.25, 0.3) is 6.08 Å². The fourth-order valence-electron chi connectivity index (χ4n) is 1.13. The highest BCUT2D eigenvalue weighted by molar-refractivity contribution is 5.96. The number of rotatable bonds is 4. The monoisotopic (exact) mass is 188 g/mol. The second-order valence-corrected chi connectivity index (χ2v) is 2.89. The molecule has 0 radical (unpaired) electrons. The molecular weight excluding hydrogens is 176 g/mol. The fraction of sp³-hybridized carbons (Fsp3) is 0.167. The summed E-state index contributed by atoms with van der Waals surface area (Å²) in [7, 11) is 0. The van der Waals surface area contributed by atoms with E-state index in [1.807, 2.05) is 19.1 Å². The van der Waals surface area contributed by atoms with Crippen LogP contribution >= 0.6 is 0 Å². The molecule has 0 aliphatic rings. The van der Waals surface area contributed by atoms with Gasteiger partial charge in [-0.2, -0.15) is 0 Å². The summed E-state index contributed by atoms with van der Waals surface area (Å²) >= 11 is 0. The van der Waals surface area contributed by atoms with Crippen LogP contribution in [0.15, 0.2) is 30.3 Å². The second-order valence-electron chi connectivity index (χ2n) is 2.89. The van der Waals surface area contributed by atoms with Crippen LogP contribution in [0.2, 0.25) is 0 Å². The first-order valence-electron chi connectivity index (χ1n) is 4.53. The molecule has 0 spiro atoms. The number of hydrogen-bond donors (Lipinski definition) is 0. The van der Waals surface area contributed by atoms with Gasteiger partial charge in [-0.1, -0.05) is 37.3 Å². The summed E-state index contributed by atoms with van der Waals surface area (Å²) in [6.07, 6.45) is 4.37. The third-order valence-electron chi connectivity index (χ3n) is 1.92. The van der Waals surface area contributed by atoms with Crippen molar-refractivity contribution in [1.29, 1.82) is 0 Å². The Kier molecular flexibility index (Phi) is 3.80. The van der Waals surface area contributed by atoms with E-state index in [-0.39, 0.29) is 5.78 Å². The summed E-state index contributed by atoms with van der Waals surface area (Å²) in [5.74, 6) is 0.135. The van der Waals surface area contributed by atoms with Crippen LogP contribution in [0.1, 0.15) is 29.3 Å². The molecule has 0 bridgehead atoms. The number of benzene rings is 1. The summed E-state index contributed by atoms with van der Waals surface area (Å²) in [6.45, 7) is 1.84. The van der Waals surface area contributed by atoms with Crippen molar-refractivity contribution in [3.63, 3.8) is 0 Å². The lowest BCUT2D eigenvalue weighted by Gasteiger charge is -1.97. The van der Waals surface area contributed by atoms with Gasteiger partial charge >= 0.3 is 0 Å². The maximum Gasteiger partial charge on any atom is 0.162 e. The van der Waals surface area contributed by atoms with Gasteiger partial charge in [-0.25, -0.2) is 0 Å². The number of allylic oxidation sites excluding steroid dienone is 1. The minimum absolute atomic E-state index is 0.135. The quantitative estimate of drug-likeness (QED) is 0.413. The Morgan fingerprint density at radius 1 is 1.29 bits per heavy atom. The van der Waals surface area contributed by atoms with Gasteiger partial charge in [0.1, 0.15) is 6.29 Å². The Hall–Kier alpha value is -1.70. The molecule has 0 heterocycles. The Labute approximate surface area is 83.3 Å². The van der Waals surface area contributed by atoms with Crippen LogP contribution in [0.5, 0.6) is 0 Å². The summed E-state index contributed by atoms with van der Waals surface area (Å²) in [5, 5.41) is 0. The smallest absolute Gasteiger partial charge is 0.162 e. The van der Waals surface area contributed by atoms with Crippen LogP contribution in [0, 0.1) is 0 Å². The number of carbonyl (C=O) groups excluding carboxylic acids is 2. The molecule has 14 heavy (non-hydrogen) atoms. The summed E-state index contributed by atoms with van der Waals surface area (Å²) < 4.78 is 0. The number of aldehydes is 1. The topological polar surface area (TPSA) is 34.1 Å². The van der Waals surface area contributed by atoms with Crippen molar-refractivity contribution in [3.8, 4) is 0 Å². The van der Waals surface area contributed by atoms with Gasteiger partial charge < -0.3 is 0 Å². The largest absolute Gasteiger partial charge is 0.299 e. The summed E-state index contributed by atoms with van der Waals surface area (Å²) in [4.78, 5) is 21.3. The lowest BCUT2D eigenvalue weighted by atomic mass is 10.1. The summed E-state index contributed by atoms with van der Waals surface area (Å²) in [6, 6.07) is 7.19. The molecule has 2 heteroatoms. The highest BCUT2D eigenvalue weighted by atomic mass is 16.1. The molecule has 0 saturated carbocycles. The van der Waals surface area contributed by atoms with Crippen molar-refractivity contribution < 1.29 is 9.59 Å². The zero-order chi connectivity index (χ0) is 10.4. The highest BCUT2D eigenvalue weighted by Crippen LogP contribution is 2.07. The number of Topliss-reactive ketones (excluding diaryl/α,β-unsaturated/α-hetero) is 1. The Morgan fingerprint density at radius 3 is 2.43 bits per heavy atom. The first-order valence-corrected chi connectivity index (χ1v) is 4.53. The van der Waals surface area contributed by atoms with Gasteiger partial charge in [0.05, 0.1) is 0 Å². The SMILES string of the molecule is CCC(=O)c1ccc(C=CC=O)cc1. The first kappa shape index (κ1) is 10.4. The maximum atomic E-state index is 11.3. The zero-order valence-electron chi connectivity index (χ0n) is 8.07. The van der Waals surface area contributed by atoms with Gasteiger partial charge in [0.25, 0.3) is 0 Å². The normalized spacial score (nSPS) is 10.4. The molecule has 0 atom stereocenters. The number of hydrogen-bond acceptors (Lipinski definition) is 2. The van der Waals surface area contributed by atoms with Gasteiger partial charge in [-0.05, 0) is 11.6 Å². The van der Waals surface area contributed by atoms with Crippen molar-refractivity contribution >= 4 is 18.1 Å². The minimum Gasteiger partial charge on any atom is -0.299 e. The molecule has 0 aromatic heterocycles. The predicted octanol–water partition coefficient (Wildman–Crippen LogP) is 2.49. The Morgan fingerprint density at radius 2 is 1.93 bits per heavy atom. The molecule has 0 saturated heterocycles. The summed E-state index contributed by atoms with van der Waals surface area (Å²) in [5.41, 5.74) is 1.64. The molecule has 1 aromatic rings. The molecule has 0 N–H and O–H groups in total. The highest BCUT2D eigenvalue weighted by Gasteiger charge is 2.00. The Bertz CT molecular complexity index is 347. The van der Waals surface area contributed by atoms with Gasteiger partial charge in [0.15, 0.2) is 5.78 Å². The number of carbonyl (C=O) groups is 2. The van der Waals surface area contributed by atoms with Crippen molar-refractivity contribution in [3.05, 3.63) is 41.5 Å². The first-order chi connectivity index (χ1) is 6.77. The predicted molar refractivity (Wildman–Crippen MR) is 56.2 cm³/mol. The minimum atomic E-state index is 0.135. The molecular formula is C12H12O2. The fourth-order valence-corrected chi connectivity index (χ4v) is 1.13. The lowest BCUT2D eigenvalue weighted by Crippen LogP contribution is -1.95. The Balaban J connectivity index is 2.83. The van der Waals surface area contributed by atoms with Crippen LogP contribution in [-0.4, -0.2) is 12.1 Å². The molecule has 72 valence electrons. The second kappa shape index (κ2) is 5.12. The molecule has 0 unspecified atom stereocenters. The van der Waals surface area contributed by atoms with Crippen molar-refractivity contribution in [2.45, 2.75) is 13.3 Å². The molecule has 1 rings (SSSR count). The van der Waals surface area contributed by atoms with E-state index in [0.29, 0.717) is 6.42 Å². The molecule has 0 fully saturated rings. The average Bonchev–Trinajstić information content (AvgIpc) is 2.26. The molecule has 0 aliphatic carbocycles. The van der Waals surface area contributed by atoms with E-state index >= 15 is 0 Å².